The standard InChI is InChI=1S/C18H43NO6Si2/c1-9-20-15(7,21-10-2)17(26,24-13-5)19-18(27,25-14-6)16(8,22-11-3)23-12-4/h19H,9-14H2,1-8,26-27H3. The first-order chi connectivity index (χ1) is 12.6. The molecule has 0 radical (unpaired) electrons. The summed E-state index contributed by atoms with van der Waals surface area (Å²) in [4.78, 5) is 0. The van der Waals surface area contributed by atoms with Crippen molar-refractivity contribution in [3.05, 3.63) is 0 Å². The molecule has 0 aromatic carbocycles. The summed E-state index contributed by atoms with van der Waals surface area (Å²) in [7, 11) is 1.18. The minimum atomic E-state index is -0.967. The summed E-state index contributed by atoms with van der Waals surface area (Å²) in [5.41, 5.74) is 0. The van der Waals surface area contributed by atoms with E-state index in [9.17, 15) is 0 Å². The molecule has 0 aliphatic carbocycles. The fourth-order valence-corrected chi connectivity index (χ4v) is 5.94. The molecule has 0 spiro atoms. The Hall–Kier alpha value is 0.154. The molecule has 2 unspecified atom stereocenters. The van der Waals surface area contributed by atoms with Gasteiger partial charge in [-0.25, -0.2) is 0 Å². The van der Waals surface area contributed by atoms with Crippen LogP contribution in [0.3, 0.4) is 0 Å². The molecular formula is C18H43NO6Si2. The van der Waals surface area contributed by atoms with Crippen LogP contribution in [0.1, 0.15) is 55.4 Å². The zero-order valence-corrected chi connectivity index (χ0v) is 23.2. The first-order valence-corrected chi connectivity index (χ1v) is 12.2. The van der Waals surface area contributed by atoms with Crippen LogP contribution < -0.4 is 5.32 Å². The molecule has 7 nitrogen and oxygen atoms in total. The van der Waals surface area contributed by atoms with Crippen LogP contribution in [0.2, 0.25) is 0 Å². The van der Waals surface area contributed by atoms with E-state index < -0.39 is 22.3 Å². The van der Waals surface area contributed by atoms with E-state index in [2.05, 4.69) is 5.32 Å². The van der Waals surface area contributed by atoms with E-state index >= 15 is 0 Å². The molecule has 0 aromatic heterocycles. The molecule has 0 aromatic rings. The summed E-state index contributed by atoms with van der Waals surface area (Å²) in [6.45, 7) is 18.6. The van der Waals surface area contributed by atoms with Crippen molar-refractivity contribution in [3.8, 4) is 0 Å². The fraction of sp³-hybridized carbons (Fsp3) is 1.00. The molecule has 0 saturated heterocycles. The quantitative estimate of drug-likeness (QED) is 0.281. The maximum Gasteiger partial charge on any atom is 0.203 e. The van der Waals surface area contributed by atoms with Gasteiger partial charge >= 0.3 is 0 Å². The molecule has 0 aliphatic rings. The Morgan fingerprint density at radius 1 is 0.519 bits per heavy atom. The molecule has 0 bridgehead atoms. The van der Waals surface area contributed by atoms with Crippen LogP contribution in [0.4, 0.5) is 0 Å². The molecule has 0 aliphatic heterocycles. The minimum Gasteiger partial charge on any atom is -0.360 e. The first kappa shape index (κ1) is 27.2. The molecule has 0 rings (SSSR count). The van der Waals surface area contributed by atoms with Gasteiger partial charge in [0.1, 0.15) is 10.7 Å². The smallest absolute Gasteiger partial charge is 0.203 e. The van der Waals surface area contributed by atoms with Crippen LogP contribution in [0.25, 0.3) is 0 Å². The summed E-state index contributed by atoms with van der Waals surface area (Å²) in [5.74, 6) is -1.93. The zero-order chi connectivity index (χ0) is 21.2. The normalized spacial score (nSPS) is 17.8. The van der Waals surface area contributed by atoms with Crippen LogP contribution in [-0.4, -0.2) is 82.4 Å². The van der Waals surface area contributed by atoms with Gasteiger partial charge in [-0.3, -0.25) is 5.32 Å². The highest BCUT2D eigenvalue weighted by Crippen LogP contribution is 2.34. The predicted octanol–water partition coefficient (Wildman–Crippen LogP) is 0.266. The molecular weight excluding hydrogens is 382 g/mol. The van der Waals surface area contributed by atoms with E-state index in [0.717, 1.165) is 0 Å². The average Bonchev–Trinajstić information content (AvgIpc) is 2.55. The lowest BCUT2D eigenvalue weighted by Crippen LogP contribution is -2.78. The summed E-state index contributed by atoms with van der Waals surface area (Å²) in [5, 5.41) is 1.89. The van der Waals surface area contributed by atoms with E-state index in [1.165, 1.54) is 0 Å². The van der Waals surface area contributed by atoms with Crippen LogP contribution in [0, 0.1) is 0 Å². The first-order valence-electron chi connectivity index (χ1n) is 10.2. The lowest BCUT2D eigenvalue weighted by molar-refractivity contribution is -0.343. The van der Waals surface area contributed by atoms with Gasteiger partial charge in [0.05, 0.1) is 20.5 Å². The van der Waals surface area contributed by atoms with Gasteiger partial charge in [0.25, 0.3) is 0 Å². The van der Waals surface area contributed by atoms with E-state index in [-0.39, 0.29) is 0 Å². The van der Waals surface area contributed by atoms with Crippen LogP contribution in [-0.2, 0) is 28.4 Å². The number of rotatable bonds is 16. The zero-order valence-electron chi connectivity index (χ0n) is 19.2. The molecule has 27 heavy (non-hydrogen) atoms. The number of nitrogens with one attached hydrogen (secondary N) is 1. The van der Waals surface area contributed by atoms with Crippen LogP contribution in [0.15, 0.2) is 0 Å². The third kappa shape index (κ3) is 6.58. The Morgan fingerprint density at radius 3 is 0.926 bits per heavy atom. The third-order valence-electron chi connectivity index (χ3n) is 4.76. The van der Waals surface area contributed by atoms with Crippen molar-refractivity contribution in [1.29, 1.82) is 0 Å². The molecule has 2 atom stereocenters. The highest BCUT2D eigenvalue weighted by molar-refractivity contribution is 6.18. The van der Waals surface area contributed by atoms with Crippen molar-refractivity contribution < 1.29 is 28.4 Å². The largest absolute Gasteiger partial charge is 0.360 e. The molecule has 0 fully saturated rings. The van der Waals surface area contributed by atoms with Crippen LogP contribution in [0.5, 0.6) is 0 Å². The molecule has 9 heteroatoms. The van der Waals surface area contributed by atoms with E-state index in [0.29, 0.717) is 60.1 Å². The van der Waals surface area contributed by atoms with Crippen molar-refractivity contribution >= 4 is 20.5 Å². The van der Waals surface area contributed by atoms with Crippen molar-refractivity contribution in [2.75, 3.05) is 39.6 Å². The topological polar surface area (TPSA) is 67.4 Å². The second-order valence-corrected chi connectivity index (χ2v) is 9.50. The molecule has 1 N–H and O–H groups in total. The second-order valence-electron chi connectivity index (χ2n) is 6.68. The van der Waals surface area contributed by atoms with Gasteiger partial charge in [0.15, 0.2) is 0 Å². The molecule has 0 heterocycles. The van der Waals surface area contributed by atoms with Gasteiger partial charge < -0.3 is 28.4 Å². The Labute approximate surface area is 172 Å². The maximum atomic E-state index is 6.22. The molecule has 0 saturated carbocycles. The third-order valence-corrected chi connectivity index (χ3v) is 7.65. The molecule has 0 amide bonds. The van der Waals surface area contributed by atoms with Gasteiger partial charge in [-0.15, -0.1) is 0 Å². The monoisotopic (exact) mass is 425 g/mol. The van der Waals surface area contributed by atoms with Crippen molar-refractivity contribution in [1.82, 2.24) is 5.32 Å². The summed E-state index contributed by atoms with van der Waals surface area (Å²) >= 11 is 0. The SMILES string of the molecule is CCOC([SiH3])(NC([SiH3])(OCC)C(C)(OCC)OCC)C(C)(OCC)OCC. The Balaban J connectivity index is 6.17. The number of hydrogen-bond acceptors (Lipinski definition) is 7. The van der Waals surface area contributed by atoms with E-state index in [1.807, 2.05) is 55.4 Å². The van der Waals surface area contributed by atoms with Crippen molar-refractivity contribution in [2.24, 2.45) is 0 Å². The second kappa shape index (κ2) is 12.0. The van der Waals surface area contributed by atoms with Crippen molar-refractivity contribution in [3.63, 3.8) is 0 Å². The van der Waals surface area contributed by atoms with Crippen LogP contribution >= 0.6 is 0 Å². The highest BCUT2D eigenvalue weighted by atomic mass is 28.2. The highest BCUT2D eigenvalue weighted by Gasteiger charge is 2.57. The Bertz CT molecular complexity index is 369. The minimum absolute atomic E-state index is 0.506. The van der Waals surface area contributed by atoms with Gasteiger partial charge in [0.2, 0.25) is 11.6 Å². The number of ether oxygens (including phenoxy) is 6. The predicted molar refractivity (Wildman–Crippen MR) is 115 cm³/mol. The van der Waals surface area contributed by atoms with Gasteiger partial charge in [-0.05, 0) is 55.4 Å². The average molecular weight is 426 g/mol. The Kier molecular flexibility index (Phi) is 12.1. The van der Waals surface area contributed by atoms with Gasteiger partial charge in [-0.2, -0.15) is 0 Å². The van der Waals surface area contributed by atoms with Gasteiger partial charge in [0, 0.05) is 39.6 Å². The van der Waals surface area contributed by atoms with Crippen molar-refractivity contribution in [2.45, 2.75) is 77.7 Å². The maximum absolute atomic E-state index is 6.22. The summed E-state index contributed by atoms with van der Waals surface area (Å²) in [6.07, 6.45) is 0. The van der Waals surface area contributed by atoms with Gasteiger partial charge in [-0.1, -0.05) is 0 Å². The van der Waals surface area contributed by atoms with E-state index in [4.69, 9.17) is 28.4 Å². The Morgan fingerprint density at radius 2 is 0.741 bits per heavy atom. The lowest BCUT2D eigenvalue weighted by atomic mass is 10.2. The fourth-order valence-electron chi connectivity index (χ4n) is 3.33. The summed E-state index contributed by atoms with van der Waals surface area (Å²) in [6, 6.07) is 0. The molecule has 164 valence electrons. The van der Waals surface area contributed by atoms with E-state index in [1.54, 1.807) is 0 Å². The number of hydrogen-bond donors (Lipinski definition) is 1. The lowest BCUT2D eigenvalue weighted by Gasteiger charge is -2.53. The summed E-state index contributed by atoms with van der Waals surface area (Å²) < 4.78 is 36.6.